The van der Waals surface area contributed by atoms with E-state index in [2.05, 4.69) is 10.6 Å². The van der Waals surface area contributed by atoms with E-state index in [1.54, 1.807) is 20.2 Å². The minimum atomic E-state index is -0.440. The van der Waals surface area contributed by atoms with Crippen LogP contribution in [-0.2, 0) is 20.8 Å². The van der Waals surface area contributed by atoms with Crippen molar-refractivity contribution >= 4 is 29.1 Å². The Bertz CT molecular complexity index is 903. The van der Waals surface area contributed by atoms with Crippen molar-refractivity contribution in [3.05, 3.63) is 59.9 Å². The quantitative estimate of drug-likeness (QED) is 0.570. The standard InChI is InChI=1S/C22H27FN4O3/c1-4-16-8-5-6-11-19(16)25-21(29)14-27(3)22(30)15-26(2)13-20(28)24-18-10-7-9-17(23)12-18/h5-12H,4,13-15H2,1-3H3,(H,24,28)(H,25,29)/p+1. The lowest BCUT2D eigenvalue weighted by molar-refractivity contribution is -0.862. The third kappa shape index (κ3) is 7.29. The Morgan fingerprint density at radius 2 is 1.73 bits per heavy atom. The zero-order valence-corrected chi connectivity index (χ0v) is 17.5. The second-order valence-electron chi connectivity index (χ2n) is 7.18. The fraction of sp³-hybridized carbons (Fsp3) is 0.318. The smallest absolute Gasteiger partial charge is 0.279 e. The molecule has 0 aliphatic carbocycles. The van der Waals surface area contributed by atoms with Gasteiger partial charge in [-0.3, -0.25) is 14.4 Å². The maximum Gasteiger partial charge on any atom is 0.279 e. The summed E-state index contributed by atoms with van der Waals surface area (Å²) in [7, 11) is 3.25. The largest absolute Gasteiger partial charge is 0.332 e. The number of para-hydroxylation sites is 1. The summed E-state index contributed by atoms with van der Waals surface area (Å²) in [5.41, 5.74) is 2.12. The number of aryl methyl sites for hydroxylation is 1. The van der Waals surface area contributed by atoms with Gasteiger partial charge in [0.15, 0.2) is 13.1 Å². The van der Waals surface area contributed by atoms with Gasteiger partial charge in [0.05, 0.1) is 13.6 Å². The van der Waals surface area contributed by atoms with Crippen molar-refractivity contribution < 1.29 is 23.7 Å². The third-order valence-electron chi connectivity index (χ3n) is 4.50. The van der Waals surface area contributed by atoms with Crippen molar-refractivity contribution in [3.63, 3.8) is 0 Å². The van der Waals surface area contributed by atoms with Gasteiger partial charge >= 0.3 is 0 Å². The maximum absolute atomic E-state index is 13.2. The van der Waals surface area contributed by atoms with Gasteiger partial charge in [0, 0.05) is 18.4 Å². The molecule has 0 fully saturated rings. The normalized spacial score (nSPS) is 11.5. The molecule has 0 saturated heterocycles. The number of halogens is 1. The molecule has 2 aromatic carbocycles. The number of anilines is 2. The lowest BCUT2D eigenvalue weighted by Crippen LogP contribution is -3.11. The zero-order chi connectivity index (χ0) is 22.1. The number of carbonyl (C=O) groups excluding carboxylic acids is 3. The number of carbonyl (C=O) groups is 3. The minimum absolute atomic E-state index is 0.0339. The van der Waals surface area contributed by atoms with E-state index in [0.717, 1.165) is 17.7 Å². The lowest BCUT2D eigenvalue weighted by Gasteiger charge is -2.20. The third-order valence-corrected chi connectivity index (χ3v) is 4.50. The molecule has 0 aromatic heterocycles. The number of nitrogens with one attached hydrogen (secondary N) is 3. The molecule has 8 heteroatoms. The van der Waals surface area contributed by atoms with E-state index in [4.69, 9.17) is 0 Å². The molecular weight excluding hydrogens is 387 g/mol. The first kappa shape index (κ1) is 23.0. The molecule has 30 heavy (non-hydrogen) atoms. The van der Waals surface area contributed by atoms with E-state index in [9.17, 15) is 18.8 Å². The molecule has 0 aliphatic rings. The van der Waals surface area contributed by atoms with Crippen molar-refractivity contribution in [2.24, 2.45) is 0 Å². The summed E-state index contributed by atoms with van der Waals surface area (Å²) in [6, 6.07) is 13.1. The van der Waals surface area contributed by atoms with Crippen LogP contribution in [0.25, 0.3) is 0 Å². The zero-order valence-electron chi connectivity index (χ0n) is 17.5. The summed E-state index contributed by atoms with van der Waals surface area (Å²) in [5.74, 6) is -1.31. The molecule has 3 N–H and O–H groups in total. The number of benzene rings is 2. The van der Waals surface area contributed by atoms with Crippen LogP contribution in [0.15, 0.2) is 48.5 Å². The van der Waals surface area contributed by atoms with E-state index in [0.29, 0.717) is 10.6 Å². The van der Waals surface area contributed by atoms with E-state index in [1.165, 1.54) is 23.1 Å². The molecule has 0 radical (unpaired) electrons. The molecule has 1 unspecified atom stereocenters. The summed E-state index contributed by atoms with van der Waals surface area (Å²) in [6.07, 6.45) is 0.789. The Morgan fingerprint density at radius 1 is 1.00 bits per heavy atom. The molecule has 0 bridgehead atoms. The van der Waals surface area contributed by atoms with Crippen LogP contribution in [-0.4, -0.2) is 56.4 Å². The van der Waals surface area contributed by atoms with Gasteiger partial charge < -0.3 is 20.4 Å². The van der Waals surface area contributed by atoms with Gasteiger partial charge in [0.2, 0.25) is 5.91 Å². The highest BCUT2D eigenvalue weighted by Crippen LogP contribution is 2.15. The highest BCUT2D eigenvalue weighted by atomic mass is 19.1. The van der Waals surface area contributed by atoms with E-state index < -0.39 is 5.82 Å². The van der Waals surface area contributed by atoms with Crippen molar-refractivity contribution in [3.8, 4) is 0 Å². The summed E-state index contributed by atoms with van der Waals surface area (Å²) in [5, 5.41) is 5.43. The predicted octanol–water partition coefficient (Wildman–Crippen LogP) is 0.938. The van der Waals surface area contributed by atoms with Crippen LogP contribution < -0.4 is 15.5 Å². The Kier molecular flexibility index (Phi) is 8.49. The van der Waals surface area contributed by atoms with Gasteiger partial charge in [0.25, 0.3) is 11.8 Å². The van der Waals surface area contributed by atoms with Gasteiger partial charge in [-0.15, -0.1) is 0 Å². The van der Waals surface area contributed by atoms with E-state index >= 15 is 0 Å². The van der Waals surface area contributed by atoms with Crippen molar-refractivity contribution in [1.82, 2.24) is 4.90 Å². The summed E-state index contributed by atoms with van der Waals surface area (Å²) >= 11 is 0. The van der Waals surface area contributed by atoms with E-state index in [-0.39, 0.29) is 37.4 Å². The molecular formula is C22H28FN4O3+. The molecule has 3 amide bonds. The van der Waals surface area contributed by atoms with Crippen LogP contribution in [0.1, 0.15) is 12.5 Å². The number of hydrogen-bond donors (Lipinski definition) is 3. The fourth-order valence-electron chi connectivity index (χ4n) is 2.94. The van der Waals surface area contributed by atoms with Crippen molar-refractivity contribution in [2.75, 3.05) is 44.4 Å². The first-order valence-corrected chi connectivity index (χ1v) is 9.77. The molecule has 2 rings (SSSR count). The lowest BCUT2D eigenvalue weighted by atomic mass is 10.1. The molecule has 2 aromatic rings. The number of likely N-dealkylation sites (N-methyl/N-ethyl adjacent to an activating group) is 2. The van der Waals surface area contributed by atoms with Crippen LogP contribution in [0.4, 0.5) is 15.8 Å². The van der Waals surface area contributed by atoms with Crippen molar-refractivity contribution in [2.45, 2.75) is 13.3 Å². The number of amides is 3. The Balaban J connectivity index is 1.79. The van der Waals surface area contributed by atoms with Gasteiger partial charge in [0.1, 0.15) is 5.82 Å². The summed E-state index contributed by atoms with van der Waals surface area (Å²) in [6.45, 7) is 2.00. The van der Waals surface area contributed by atoms with Crippen LogP contribution in [0, 0.1) is 5.82 Å². The molecule has 0 spiro atoms. The molecule has 0 saturated carbocycles. The second kappa shape index (κ2) is 11.1. The number of rotatable bonds is 9. The Hall–Kier alpha value is -3.26. The van der Waals surface area contributed by atoms with Crippen LogP contribution >= 0.6 is 0 Å². The predicted molar refractivity (Wildman–Crippen MR) is 114 cm³/mol. The first-order valence-electron chi connectivity index (χ1n) is 9.77. The van der Waals surface area contributed by atoms with Crippen LogP contribution in [0.5, 0.6) is 0 Å². The monoisotopic (exact) mass is 415 g/mol. The number of quaternary nitrogens is 1. The average Bonchev–Trinajstić information content (AvgIpc) is 2.67. The number of hydrogen-bond acceptors (Lipinski definition) is 3. The highest BCUT2D eigenvalue weighted by molar-refractivity contribution is 5.95. The first-order chi connectivity index (χ1) is 14.3. The Morgan fingerprint density at radius 3 is 2.43 bits per heavy atom. The number of nitrogens with zero attached hydrogens (tertiary/aromatic N) is 1. The SMILES string of the molecule is CCc1ccccc1NC(=O)CN(C)C(=O)C[NH+](C)CC(=O)Nc1cccc(F)c1. The molecule has 0 aliphatic heterocycles. The van der Waals surface area contributed by atoms with Crippen LogP contribution in [0.3, 0.4) is 0 Å². The molecule has 160 valence electrons. The molecule has 7 nitrogen and oxygen atoms in total. The Labute approximate surface area is 175 Å². The molecule has 0 heterocycles. The maximum atomic E-state index is 13.2. The highest BCUT2D eigenvalue weighted by Gasteiger charge is 2.19. The fourth-order valence-corrected chi connectivity index (χ4v) is 2.94. The summed E-state index contributed by atoms with van der Waals surface area (Å²) < 4.78 is 13.2. The second-order valence-corrected chi connectivity index (χ2v) is 7.18. The van der Waals surface area contributed by atoms with Gasteiger partial charge in [-0.2, -0.15) is 0 Å². The van der Waals surface area contributed by atoms with Crippen LogP contribution in [0.2, 0.25) is 0 Å². The summed E-state index contributed by atoms with van der Waals surface area (Å²) in [4.78, 5) is 38.7. The van der Waals surface area contributed by atoms with Gasteiger partial charge in [-0.25, -0.2) is 4.39 Å². The van der Waals surface area contributed by atoms with Gasteiger partial charge in [-0.1, -0.05) is 31.2 Å². The van der Waals surface area contributed by atoms with Gasteiger partial charge in [-0.05, 0) is 36.2 Å². The van der Waals surface area contributed by atoms with E-state index in [1.807, 2.05) is 31.2 Å². The molecule has 1 atom stereocenters. The topological polar surface area (TPSA) is 83.0 Å². The average molecular weight is 415 g/mol. The minimum Gasteiger partial charge on any atom is -0.332 e. The van der Waals surface area contributed by atoms with Crippen molar-refractivity contribution in [1.29, 1.82) is 0 Å².